The van der Waals surface area contributed by atoms with Gasteiger partial charge in [0.1, 0.15) is 6.07 Å². The van der Waals surface area contributed by atoms with Crippen LogP contribution in [0.1, 0.15) is 5.56 Å². The molecule has 0 bridgehead atoms. The zero-order valence-corrected chi connectivity index (χ0v) is 11.1. The van der Waals surface area contributed by atoms with E-state index in [4.69, 9.17) is 0 Å². The second-order valence-electron chi connectivity index (χ2n) is 4.98. The average Bonchev–Trinajstić information content (AvgIpc) is 2.91. The van der Waals surface area contributed by atoms with Crippen LogP contribution in [0.4, 0.5) is 0 Å². The molecule has 98 valence electrons. The number of nitrogens with zero attached hydrogens (tertiary/aromatic N) is 2. The molecule has 4 rings (SSSR count). The first-order valence-electron chi connectivity index (χ1n) is 6.66. The second kappa shape index (κ2) is 4.19. The molecule has 0 N–H and O–H groups in total. The van der Waals surface area contributed by atoms with Gasteiger partial charge in [-0.3, -0.25) is 4.79 Å². The number of pyridine rings is 2. The van der Waals surface area contributed by atoms with Gasteiger partial charge in [-0.05, 0) is 29.8 Å². The molecule has 0 aliphatic heterocycles. The van der Waals surface area contributed by atoms with Crippen molar-refractivity contribution in [3.05, 3.63) is 76.5 Å². The van der Waals surface area contributed by atoms with Crippen molar-refractivity contribution in [1.29, 1.82) is 5.26 Å². The highest BCUT2D eigenvalue weighted by atomic mass is 16.1. The summed E-state index contributed by atoms with van der Waals surface area (Å²) >= 11 is 0. The number of aromatic nitrogens is 1. The summed E-state index contributed by atoms with van der Waals surface area (Å²) in [6.07, 6.45) is 0. The maximum Gasteiger partial charge on any atom is 0.203 e. The van der Waals surface area contributed by atoms with Gasteiger partial charge in [-0.25, -0.2) is 0 Å². The number of rotatable bonds is 1. The predicted molar refractivity (Wildman–Crippen MR) is 82.5 cm³/mol. The highest BCUT2D eigenvalue weighted by molar-refractivity contribution is 5.89. The van der Waals surface area contributed by atoms with Crippen LogP contribution < -0.4 is 5.43 Å². The third-order valence-electron chi connectivity index (χ3n) is 3.80. The van der Waals surface area contributed by atoms with Crippen LogP contribution in [-0.4, -0.2) is 4.40 Å². The highest BCUT2D eigenvalue weighted by Crippen LogP contribution is 2.29. The van der Waals surface area contributed by atoms with Crippen molar-refractivity contribution in [2.75, 3.05) is 0 Å². The Bertz CT molecular complexity index is 1060. The fraction of sp³-hybridized carbons (Fsp3) is 0. The van der Waals surface area contributed by atoms with Gasteiger partial charge in [-0.2, -0.15) is 5.26 Å². The van der Waals surface area contributed by atoms with Crippen LogP contribution in [0.15, 0.2) is 65.5 Å². The first-order chi connectivity index (χ1) is 10.3. The summed E-state index contributed by atoms with van der Waals surface area (Å²) in [6.45, 7) is 0. The Labute approximate surface area is 120 Å². The molecular formula is C18H10N2O. The summed E-state index contributed by atoms with van der Waals surface area (Å²) in [6, 6.07) is 20.9. The third-order valence-corrected chi connectivity index (χ3v) is 3.80. The lowest BCUT2D eigenvalue weighted by atomic mass is 10.1. The molecule has 0 spiro atoms. The van der Waals surface area contributed by atoms with Crippen LogP contribution in [0.5, 0.6) is 0 Å². The Morgan fingerprint density at radius 2 is 1.62 bits per heavy atom. The molecule has 0 radical (unpaired) electrons. The van der Waals surface area contributed by atoms with Gasteiger partial charge in [-0.1, -0.05) is 36.4 Å². The van der Waals surface area contributed by atoms with E-state index in [1.54, 1.807) is 12.1 Å². The lowest BCUT2D eigenvalue weighted by Gasteiger charge is -2.07. The molecule has 0 amide bonds. The Morgan fingerprint density at radius 1 is 0.857 bits per heavy atom. The van der Waals surface area contributed by atoms with E-state index in [9.17, 15) is 10.1 Å². The van der Waals surface area contributed by atoms with E-state index < -0.39 is 0 Å². The van der Waals surface area contributed by atoms with E-state index in [1.807, 2.05) is 52.9 Å². The zero-order chi connectivity index (χ0) is 14.4. The quantitative estimate of drug-likeness (QED) is 0.532. The molecule has 3 heteroatoms. The van der Waals surface area contributed by atoms with Crippen LogP contribution in [0, 0.1) is 11.3 Å². The summed E-state index contributed by atoms with van der Waals surface area (Å²) in [7, 11) is 0. The van der Waals surface area contributed by atoms with Crippen molar-refractivity contribution in [1.82, 2.24) is 4.40 Å². The van der Waals surface area contributed by atoms with Crippen LogP contribution in [0.25, 0.3) is 27.7 Å². The Morgan fingerprint density at radius 3 is 2.38 bits per heavy atom. The molecule has 4 aromatic rings. The monoisotopic (exact) mass is 270 g/mol. The van der Waals surface area contributed by atoms with Gasteiger partial charge < -0.3 is 4.40 Å². The molecule has 1 aromatic carbocycles. The van der Waals surface area contributed by atoms with Crippen molar-refractivity contribution in [3.63, 3.8) is 0 Å². The minimum absolute atomic E-state index is 0.0351. The van der Waals surface area contributed by atoms with Crippen molar-refractivity contribution >= 4 is 16.6 Å². The van der Waals surface area contributed by atoms with Gasteiger partial charge in [0.25, 0.3) is 0 Å². The fourth-order valence-electron chi connectivity index (χ4n) is 2.86. The lowest BCUT2D eigenvalue weighted by Crippen LogP contribution is -2.06. The van der Waals surface area contributed by atoms with E-state index in [0.717, 1.165) is 22.2 Å². The molecule has 3 nitrogen and oxygen atoms in total. The Kier molecular flexibility index (Phi) is 2.33. The molecule has 0 saturated heterocycles. The standard InChI is InChI=1S/C18H10N2O/c19-11-13-9-17-14(12-5-2-1-3-6-12)10-18(21)16-8-4-7-15(13)20(16)17/h1-10H. The van der Waals surface area contributed by atoms with E-state index >= 15 is 0 Å². The van der Waals surface area contributed by atoms with Crippen molar-refractivity contribution in [2.45, 2.75) is 0 Å². The van der Waals surface area contributed by atoms with E-state index in [2.05, 4.69) is 6.07 Å². The third kappa shape index (κ3) is 1.56. The predicted octanol–water partition coefficient (Wildman–Crippen LogP) is 3.43. The van der Waals surface area contributed by atoms with Gasteiger partial charge in [-0.15, -0.1) is 0 Å². The molecule has 3 aromatic heterocycles. The summed E-state index contributed by atoms with van der Waals surface area (Å²) in [4.78, 5) is 12.4. The summed E-state index contributed by atoms with van der Waals surface area (Å²) in [5.74, 6) is 0. The normalized spacial score (nSPS) is 11.0. The maximum atomic E-state index is 12.4. The molecule has 3 heterocycles. The number of hydrogen-bond acceptors (Lipinski definition) is 2. The number of nitriles is 1. The molecule has 0 saturated carbocycles. The largest absolute Gasteiger partial charge is 0.305 e. The smallest absolute Gasteiger partial charge is 0.203 e. The first-order valence-corrected chi connectivity index (χ1v) is 6.66. The Hall–Kier alpha value is -3.12. The van der Waals surface area contributed by atoms with E-state index in [0.29, 0.717) is 11.1 Å². The van der Waals surface area contributed by atoms with Gasteiger partial charge >= 0.3 is 0 Å². The summed E-state index contributed by atoms with van der Waals surface area (Å²) < 4.78 is 1.88. The molecule has 21 heavy (non-hydrogen) atoms. The maximum absolute atomic E-state index is 12.4. The highest BCUT2D eigenvalue weighted by Gasteiger charge is 2.14. The van der Waals surface area contributed by atoms with Gasteiger partial charge in [0.15, 0.2) is 0 Å². The van der Waals surface area contributed by atoms with Crippen molar-refractivity contribution in [2.24, 2.45) is 0 Å². The minimum atomic E-state index is -0.0351. The average molecular weight is 270 g/mol. The summed E-state index contributed by atoms with van der Waals surface area (Å²) in [5, 5.41) is 9.31. The van der Waals surface area contributed by atoms with Crippen LogP contribution in [0.2, 0.25) is 0 Å². The van der Waals surface area contributed by atoms with E-state index in [-0.39, 0.29) is 5.43 Å². The van der Waals surface area contributed by atoms with Crippen LogP contribution in [0.3, 0.4) is 0 Å². The van der Waals surface area contributed by atoms with Gasteiger partial charge in [0, 0.05) is 5.56 Å². The molecule has 0 aliphatic carbocycles. The number of benzene rings is 1. The topological polar surface area (TPSA) is 45.3 Å². The van der Waals surface area contributed by atoms with E-state index in [1.165, 1.54) is 0 Å². The molecule has 0 atom stereocenters. The van der Waals surface area contributed by atoms with Crippen LogP contribution in [-0.2, 0) is 0 Å². The SMILES string of the molecule is N#Cc1cc2c(-c3ccccc3)cc(=O)c3cccc1n23. The fourth-order valence-corrected chi connectivity index (χ4v) is 2.86. The molecule has 0 unspecified atom stereocenters. The second-order valence-corrected chi connectivity index (χ2v) is 4.98. The molecule has 0 aliphatic rings. The van der Waals surface area contributed by atoms with Crippen molar-refractivity contribution < 1.29 is 0 Å². The van der Waals surface area contributed by atoms with Gasteiger partial charge in [0.2, 0.25) is 5.43 Å². The van der Waals surface area contributed by atoms with Crippen molar-refractivity contribution in [3.8, 4) is 17.2 Å². The molecular weight excluding hydrogens is 260 g/mol. The molecule has 0 fully saturated rings. The zero-order valence-electron chi connectivity index (χ0n) is 11.1. The minimum Gasteiger partial charge on any atom is -0.305 e. The lowest BCUT2D eigenvalue weighted by molar-refractivity contribution is 1.29. The summed E-state index contributed by atoms with van der Waals surface area (Å²) in [5.41, 5.74) is 4.65. The Balaban J connectivity index is 2.25. The first kappa shape index (κ1) is 11.7. The van der Waals surface area contributed by atoms with Crippen LogP contribution >= 0.6 is 0 Å². The van der Waals surface area contributed by atoms with Gasteiger partial charge in [0.05, 0.1) is 22.1 Å². The number of hydrogen-bond donors (Lipinski definition) is 0.